The molecular weight excluding hydrogens is 335 g/mol. The predicted octanol–water partition coefficient (Wildman–Crippen LogP) is 5.98. The second-order valence-electron chi connectivity index (χ2n) is 6.12. The van der Waals surface area contributed by atoms with Crippen LogP contribution in [-0.4, -0.2) is 5.75 Å². The molecule has 0 fully saturated rings. The van der Waals surface area contributed by atoms with Gasteiger partial charge < -0.3 is 0 Å². The van der Waals surface area contributed by atoms with Gasteiger partial charge in [-0.15, -0.1) is 11.4 Å². The Kier molecular flexibility index (Phi) is 7.89. The Bertz CT molecular complexity index is 567. The summed E-state index contributed by atoms with van der Waals surface area (Å²) in [4.78, 5) is 0. The number of benzene rings is 2. The number of hydrogen-bond donors (Lipinski definition) is 0. The van der Waals surface area contributed by atoms with E-state index >= 15 is 0 Å². The third-order valence-electron chi connectivity index (χ3n) is 4.03. The smallest absolute Gasteiger partial charge is 0.0613 e. The molecular formula is C20H27PS2. The summed E-state index contributed by atoms with van der Waals surface area (Å²) in [6.45, 7) is 4.64. The maximum absolute atomic E-state index is 6.26. The quantitative estimate of drug-likeness (QED) is 0.397. The summed E-state index contributed by atoms with van der Waals surface area (Å²) in [7, 11) is 0. The molecule has 2 aromatic rings. The van der Waals surface area contributed by atoms with Crippen LogP contribution in [0, 0.1) is 5.92 Å². The molecule has 0 radical (unpaired) electrons. The van der Waals surface area contributed by atoms with E-state index < -0.39 is 5.24 Å². The van der Waals surface area contributed by atoms with Crippen molar-refractivity contribution in [2.45, 2.75) is 39.5 Å². The first-order valence-electron chi connectivity index (χ1n) is 8.52. The fourth-order valence-corrected chi connectivity index (χ4v) is 9.26. The average Bonchev–Trinajstić information content (AvgIpc) is 2.61. The standard InChI is InChI=1S/C20H27PS2/c1-3-4-7-12-18(2)17-23-21(22,19-13-8-5-9-14-19)20-15-10-6-11-16-20/h5-6,8-11,13-16,18H,3-4,7,12,17H2,1-2H3. The van der Waals surface area contributed by atoms with Gasteiger partial charge in [-0.1, -0.05) is 106 Å². The van der Waals surface area contributed by atoms with Crippen molar-refractivity contribution in [3.63, 3.8) is 0 Å². The molecule has 0 saturated heterocycles. The van der Waals surface area contributed by atoms with Gasteiger partial charge in [-0.2, -0.15) is 0 Å². The van der Waals surface area contributed by atoms with E-state index in [-0.39, 0.29) is 0 Å². The molecule has 0 aliphatic heterocycles. The maximum atomic E-state index is 6.26. The SMILES string of the molecule is CCCCCC(C)CSP(=S)(c1ccccc1)c1ccccc1. The van der Waals surface area contributed by atoms with Crippen molar-refractivity contribution in [3.8, 4) is 0 Å². The zero-order valence-electron chi connectivity index (χ0n) is 14.2. The molecule has 0 aliphatic carbocycles. The molecule has 2 aromatic carbocycles. The van der Waals surface area contributed by atoms with E-state index in [2.05, 4.69) is 74.5 Å². The van der Waals surface area contributed by atoms with Gasteiger partial charge in [0.15, 0.2) is 0 Å². The molecule has 0 heterocycles. The van der Waals surface area contributed by atoms with Gasteiger partial charge >= 0.3 is 0 Å². The largest absolute Gasteiger partial charge is 0.115 e. The number of rotatable bonds is 9. The topological polar surface area (TPSA) is 0 Å². The van der Waals surface area contributed by atoms with Crippen LogP contribution in [-0.2, 0) is 11.8 Å². The Balaban J connectivity index is 2.14. The second kappa shape index (κ2) is 9.67. The van der Waals surface area contributed by atoms with E-state index in [0.29, 0.717) is 0 Å². The van der Waals surface area contributed by atoms with Crippen LogP contribution < -0.4 is 10.6 Å². The average molecular weight is 363 g/mol. The lowest BCUT2D eigenvalue weighted by molar-refractivity contribution is 0.542. The first kappa shape index (κ1) is 18.8. The van der Waals surface area contributed by atoms with Crippen LogP contribution in [0.15, 0.2) is 60.7 Å². The third kappa shape index (κ3) is 5.48. The molecule has 0 bridgehead atoms. The van der Waals surface area contributed by atoms with Crippen molar-refractivity contribution in [2.75, 3.05) is 5.75 Å². The lowest BCUT2D eigenvalue weighted by atomic mass is 10.1. The van der Waals surface area contributed by atoms with Gasteiger partial charge in [0.25, 0.3) is 0 Å². The summed E-state index contributed by atoms with van der Waals surface area (Å²) in [6.07, 6.45) is 5.31. The molecule has 124 valence electrons. The minimum absolute atomic E-state index is 0.737. The summed E-state index contributed by atoms with van der Waals surface area (Å²) >= 11 is 8.28. The van der Waals surface area contributed by atoms with E-state index in [0.717, 1.165) is 11.7 Å². The Morgan fingerprint density at radius 1 is 0.913 bits per heavy atom. The van der Waals surface area contributed by atoms with Crippen LogP contribution in [0.2, 0.25) is 0 Å². The lowest BCUT2D eigenvalue weighted by Crippen LogP contribution is -2.14. The van der Waals surface area contributed by atoms with Crippen LogP contribution in [0.25, 0.3) is 0 Å². The Labute approximate surface area is 150 Å². The highest BCUT2D eigenvalue weighted by Gasteiger charge is 2.23. The van der Waals surface area contributed by atoms with E-state index in [4.69, 9.17) is 11.8 Å². The highest BCUT2D eigenvalue weighted by molar-refractivity contribution is 8.75. The van der Waals surface area contributed by atoms with Crippen molar-refractivity contribution >= 4 is 39.0 Å². The molecule has 3 heteroatoms. The second-order valence-corrected chi connectivity index (χ2v) is 13.6. The van der Waals surface area contributed by atoms with Crippen molar-refractivity contribution in [3.05, 3.63) is 60.7 Å². The van der Waals surface area contributed by atoms with Gasteiger partial charge in [0.2, 0.25) is 0 Å². The fraction of sp³-hybridized carbons (Fsp3) is 0.400. The summed E-state index contributed by atoms with van der Waals surface area (Å²) in [6, 6.07) is 21.5. The molecule has 0 aliphatic rings. The molecule has 2 rings (SSSR count). The Morgan fingerprint density at radius 3 is 1.91 bits per heavy atom. The van der Waals surface area contributed by atoms with E-state index in [1.54, 1.807) is 0 Å². The maximum Gasteiger partial charge on any atom is 0.0613 e. The Hall–Kier alpha value is -0.560. The van der Waals surface area contributed by atoms with E-state index in [1.807, 2.05) is 11.4 Å². The monoisotopic (exact) mass is 362 g/mol. The normalized spacial score (nSPS) is 13.0. The van der Waals surface area contributed by atoms with Crippen molar-refractivity contribution in [2.24, 2.45) is 5.92 Å². The molecule has 0 spiro atoms. The zero-order valence-corrected chi connectivity index (χ0v) is 16.7. The molecule has 0 N–H and O–H groups in total. The zero-order chi connectivity index (χ0) is 16.5. The molecule has 0 aromatic heterocycles. The molecule has 1 unspecified atom stereocenters. The highest BCUT2D eigenvalue weighted by atomic mass is 32.9. The molecule has 0 amide bonds. The predicted molar refractivity (Wildman–Crippen MR) is 112 cm³/mol. The van der Waals surface area contributed by atoms with E-state index in [9.17, 15) is 0 Å². The van der Waals surface area contributed by atoms with Gasteiger partial charge in [0.05, 0.1) is 5.24 Å². The summed E-state index contributed by atoms with van der Waals surface area (Å²) in [5, 5.41) is 0.885. The van der Waals surface area contributed by atoms with Crippen molar-refractivity contribution < 1.29 is 0 Å². The number of hydrogen-bond acceptors (Lipinski definition) is 2. The molecule has 0 saturated carbocycles. The first-order chi connectivity index (χ1) is 11.2. The van der Waals surface area contributed by atoms with Crippen LogP contribution in [0.5, 0.6) is 0 Å². The summed E-state index contributed by atoms with van der Waals surface area (Å²) in [5.74, 6) is 1.89. The first-order valence-corrected chi connectivity index (χ1v) is 12.9. The van der Waals surface area contributed by atoms with Crippen LogP contribution in [0.3, 0.4) is 0 Å². The fourth-order valence-electron chi connectivity index (χ4n) is 2.60. The van der Waals surface area contributed by atoms with Gasteiger partial charge in [-0.25, -0.2) is 0 Å². The number of unbranched alkanes of at least 4 members (excludes halogenated alkanes) is 2. The van der Waals surface area contributed by atoms with Crippen LogP contribution >= 0.6 is 16.6 Å². The molecule has 23 heavy (non-hydrogen) atoms. The summed E-state index contributed by atoms with van der Waals surface area (Å²) in [5.41, 5.74) is 0. The van der Waals surface area contributed by atoms with E-state index in [1.165, 1.54) is 36.3 Å². The lowest BCUT2D eigenvalue weighted by Gasteiger charge is -2.24. The highest BCUT2D eigenvalue weighted by Crippen LogP contribution is 2.57. The van der Waals surface area contributed by atoms with Crippen molar-refractivity contribution in [1.82, 2.24) is 0 Å². The third-order valence-corrected chi connectivity index (χ3v) is 12.1. The van der Waals surface area contributed by atoms with Gasteiger partial charge in [0, 0.05) is 5.75 Å². The van der Waals surface area contributed by atoms with Gasteiger partial charge in [0.1, 0.15) is 0 Å². The van der Waals surface area contributed by atoms with Gasteiger partial charge in [-0.3, -0.25) is 0 Å². The Morgan fingerprint density at radius 2 is 1.43 bits per heavy atom. The van der Waals surface area contributed by atoms with Crippen LogP contribution in [0.4, 0.5) is 0 Å². The minimum Gasteiger partial charge on any atom is -0.115 e. The minimum atomic E-state index is -1.77. The van der Waals surface area contributed by atoms with Gasteiger partial charge in [-0.05, 0) is 22.9 Å². The summed E-state index contributed by atoms with van der Waals surface area (Å²) < 4.78 is 0. The van der Waals surface area contributed by atoms with Crippen LogP contribution in [0.1, 0.15) is 39.5 Å². The van der Waals surface area contributed by atoms with Crippen molar-refractivity contribution in [1.29, 1.82) is 0 Å². The molecule has 1 atom stereocenters. The molecule has 0 nitrogen and oxygen atoms in total.